The number of hydrogen-bond donors (Lipinski definition) is 2. The molecule has 1 aliphatic carbocycles. The smallest absolute Gasteiger partial charge is 0.339 e. The molecule has 15 heavy (non-hydrogen) atoms. The Morgan fingerprint density at radius 1 is 1.60 bits per heavy atom. The highest BCUT2D eigenvalue weighted by molar-refractivity contribution is 5.93. The fourth-order valence-corrected chi connectivity index (χ4v) is 1.94. The molecule has 4 heteroatoms. The van der Waals surface area contributed by atoms with E-state index in [4.69, 9.17) is 5.11 Å². The predicted molar refractivity (Wildman–Crippen MR) is 57.4 cm³/mol. The van der Waals surface area contributed by atoms with Crippen LogP contribution in [0.4, 0.5) is 5.82 Å². The number of pyridine rings is 1. The van der Waals surface area contributed by atoms with Crippen molar-refractivity contribution in [3.8, 4) is 0 Å². The highest BCUT2D eigenvalue weighted by Crippen LogP contribution is 2.25. The van der Waals surface area contributed by atoms with Gasteiger partial charge in [-0.25, -0.2) is 9.78 Å². The van der Waals surface area contributed by atoms with Crippen LogP contribution in [-0.4, -0.2) is 22.6 Å². The number of fused-ring (bicyclic) bond motifs is 1. The second-order valence-electron chi connectivity index (χ2n) is 3.68. The van der Waals surface area contributed by atoms with Crippen molar-refractivity contribution in [3.63, 3.8) is 0 Å². The van der Waals surface area contributed by atoms with E-state index in [0.717, 1.165) is 30.5 Å². The zero-order valence-electron chi connectivity index (χ0n) is 8.71. The molecule has 0 spiro atoms. The molecule has 2 rings (SSSR count). The summed E-state index contributed by atoms with van der Waals surface area (Å²) in [5.74, 6) is -0.404. The molecule has 2 N–H and O–H groups in total. The second-order valence-corrected chi connectivity index (χ2v) is 3.68. The van der Waals surface area contributed by atoms with Gasteiger partial charge in [0, 0.05) is 12.2 Å². The number of hydrogen-bond acceptors (Lipinski definition) is 3. The van der Waals surface area contributed by atoms with E-state index < -0.39 is 5.97 Å². The molecule has 1 aromatic heterocycles. The lowest BCUT2D eigenvalue weighted by Gasteiger charge is -2.09. The molecule has 0 amide bonds. The van der Waals surface area contributed by atoms with Crippen LogP contribution in [-0.2, 0) is 12.8 Å². The highest BCUT2D eigenvalue weighted by atomic mass is 16.4. The van der Waals surface area contributed by atoms with Gasteiger partial charge in [-0.1, -0.05) is 0 Å². The Kier molecular flexibility index (Phi) is 2.58. The van der Waals surface area contributed by atoms with E-state index in [2.05, 4.69) is 10.3 Å². The fraction of sp³-hybridized carbons (Fsp3) is 0.455. The molecule has 0 bridgehead atoms. The lowest BCUT2D eigenvalue weighted by atomic mass is 10.1. The molecule has 0 saturated heterocycles. The van der Waals surface area contributed by atoms with E-state index in [9.17, 15) is 4.79 Å². The Morgan fingerprint density at radius 2 is 2.40 bits per heavy atom. The van der Waals surface area contributed by atoms with Crippen LogP contribution in [0.3, 0.4) is 0 Å². The molecule has 0 radical (unpaired) electrons. The number of nitrogens with zero attached hydrogens (tertiary/aromatic N) is 1. The Bertz CT molecular complexity index is 402. The quantitative estimate of drug-likeness (QED) is 0.790. The standard InChI is InChI=1S/C11H14N2O2/c1-2-12-10-8(11(14)15)6-7-4-3-5-9(7)13-10/h6H,2-5H2,1H3,(H,12,13)(H,14,15). The van der Waals surface area contributed by atoms with Crippen LogP contribution in [0.15, 0.2) is 6.07 Å². The van der Waals surface area contributed by atoms with Gasteiger partial charge in [0.25, 0.3) is 0 Å². The van der Waals surface area contributed by atoms with Crippen LogP contribution in [0.2, 0.25) is 0 Å². The van der Waals surface area contributed by atoms with Crippen LogP contribution in [0.25, 0.3) is 0 Å². The first-order valence-electron chi connectivity index (χ1n) is 5.22. The van der Waals surface area contributed by atoms with Crippen molar-refractivity contribution >= 4 is 11.8 Å². The van der Waals surface area contributed by atoms with E-state index in [1.165, 1.54) is 0 Å². The number of carboxylic acid groups (broad SMARTS) is 1. The Balaban J connectivity index is 2.47. The Labute approximate surface area is 88.3 Å². The third-order valence-corrected chi connectivity index (χ3v) is 2.63. The van der Waals surface area contributed by atoms with Crippen molar-refractivity contribution in [2.45, 2.75) is 26.2 Å². The summed E-state index contributed by atoms with van der Waals surface area (Å²) in [5.41, 5.74) is 2.43. The average molecular weight is 206 g/mol. The maximum Gasteiger partial charge on any atom is 0.339 e. The van der Waals surface area contributed by atoms with Gasteiger partial charge in [0.2, 0.25) is 0 Å². The minimum absolute atomic E-state index is 0.289. The number of aromatic carboxylic acids is 1. The third kappa shape index (κ3) is 1.79. The largest absolute Gasteiger partial charge is 0.478 e. The first kappa shape index (κ1) is 9.96. The van der Waals surface area contributed by atoms with E-state index >= 15 is 0 Å². The minimum atomic E-state index is -0.909. The first-order chi connectivity index (χ1) is 7.22. The number of aryl methyl sites for hydroxylation is 2. The molecule has 1 aliphatic rings. The monoisotopic (exact) mass is 206 g/mol. The van der Waals surface area contributed by atoms with E-state index in [1.54, 1.807) is 6.07 Å². The molecular formula is C11H14N2O2. The summed E-state index contributed by atoms with van der Waals surface area (Å²) in [6, 6.07) is 1.76. The first-order valence-corrected chi connectivity index (χ1v) is 5.22. The van der Waals surface area contributed by atoms with Crippen LogP contribution in [0.5, 0.6) is 0 Å². The molecule has 0 saturated carbocycles. The van der Waals surface area contributed by atoms with Crippen molar-refractivity contribution in [1.82, 2.24) is 4.98 Å². The predicted octanol–water partition coefficient (Wildman–Crippen LogP) is 1.70. The van der Waals surface area contributed by atoms with Crippen molar-refractivity contribution in [1.29, 1.82) is 0 Å². The number of nitrogens with one attached hydrogen (secondary N) is 1. The molecule has 4 nitrogen and oxygen atoms in total. The summed E-state index contributed by atoms with van der Waals surface area (Å²) < 4.78 is 0. The van der Waals surface area contributed by atoms with Crippen LogP contribution >= 0.6 is 0 Å². The van der Waals surface area contributed by atoms with Crippen LogP contribution in [0, 0.1) is 0 Å². The molecular weight excluding hydrogens is 192 g/mol. The number of anilines is 1. The zero-order valence-corrected chi connectivity index (χ0v) is 8.71. The second kappa shape index (κ2) is 3.88. The number of aromatic nitrogens is 1. The summed E-state index contributed by atoms with van der Waals surface area (Å²) in [4.78, 5) is 15.4. The van der Waals surface area contributed by atoms with Crippen LogP contribution < -0.4 is 5.32 Å². The van der Waals surface area contributed by atoms with Crippen molar-refractivity contribution in [2.24, 2.45) is 0 Å². The Hall–Kier alpha value is -1.58. The van der Waals surface area contributed by atoms with Gasteiger partial charge in [-0.05, 0) is 37.8 Å². The number of carbonyl (C=O) groups is 1. The molecule has 0 aliphatic heterocycles. The highest BCUT2D eigenvalue weighted by Gasteiger charge is 2.19. The van der Waals surface area contributed by atoms with Crippen molar-refractivity contribution in [3.05, 3.63) is 22.9 Å². The fourth-order valence-electron chi connectivity index (χ4n) is 1.94. The normalized spacial score (nSPS) is 13.7. The molecule has 0 fully saturated rings. The van der Waals surface area contributed by atoms with Crippen molar-refractivity contribution < 1.29 is 9.90 Å². The van der Waals surface area contributed by atoms with E-state index in [1.807, 2.05) is 6.92 Å². The lowest BCUT2D eigenvalue weighted by Crippen LogP contribution is -2.09. The lowest BCUT2D eigenvalue weighted by molar-refractivity contribution is 0.0697. The number of carboxylic acids is 1. The van der Waals surface area contributed by atoms with Gasteiger partial charge in [-0.15, -0.1) is 0 Å². The molecule has 0 unspecified atom stereocenters. The van der Waals surface area contributed by atoms with Crippen molar-refractivity contribution in [2.75, 3.05) is 11.9 Å². The van der Waals surface area contributed by atoms with Gasteiger partial charge < -0.3 is 10.4 Å². The van der Waals surface area contributed by atoms with Crippen LogP contribution in [0.1, 0.15) is 35.0 Å². The molecule has 1 aromatic rings. The summed E-state index contributed by atoms with van der Waals surface area (Å²) >= 11 is 0. The Morgan fingerprint density at radius 3 is 3.07 bits per heavy atom. The third-order valence-electron chi connectivity index (χ3n) is 2.63. The van der Waals surface area contributed by atoms with E-state index in [-0.39, 0.29) is 5.56 Å². The van der Waals surface area contributed by atoms with Gasteiger partial charge in [0.05, 0.1) is 0 Å². The molecule has 1 heterocycles. The van der Waals surface area contributed by atoms with Gasteiger partial charge >= 0.3 is 5.97 Å². The van der Waals surface area contributed by atoms with Gasteiger partial charge in [0.15, 0.2) is 0 Å². The maximum absolute atomic E-state index is 11.0. The summed E-state index contributed by atoms with van der Waals surface area (Å²) in [5, 5.41) is 12.0. The molecule has 0 atom stereocenters. The summed E-state index contributed by atoms with van der Waals surface area (Å²) in [7, 11) is 0. The summed E-state index contributed by atoms with van der Waals surface area (Å²) in [6.45, 7) is 2.62. The van der Waals surface area contributed by atoms with Gasteiger partial charge in [-0.3, -0.25) is 0 Å². The maximum atomic E-state index is 11.0. The average Bonchev–Trinajstić information content (AvgIpc) is 2.63. The van der Waals surface area contributed by atoms with E-state index in [0.29, 0.717) is 12.4 Å². The minimum Gasteiger partial charge on any atom is -0.478 e. The SMILES string of the molecule is CCNc1nc2c(cc1C(=O)O)CCC2. The van der Waals surface area contributed by atoms with Gasteiger partial charge in [0.1, 0.15) is 11.4 Å². The summed E-state index contributed by atoms with van der Waals surface area (Å²) in [6.07, 6.45) is 3.00. The molecule has 0 aromatic carbocycles. The topological polar surface area (TPSA) is 62.2 Å². The zero-order chi connectivity index (χ0) is 10.8. The number of rotatable bonds is 3. The molecule has 80 valence electrons. The van der Waals surface area contributed by atoms with Gasteiger partial charge in [-0.2, -0.15) is 0 Å².